The summed E-state index contributed by atoms with van der Waals surface area (Å²) in [5, 5.41) is 18.1. The van der Waals surface area contributed by atoms with Crippen LogP contribution in [0, 0.1) is 18.3 Å². The summed E-state index contributed by atoms with van der Waals surface area (Å²) in [5.41, 5.74) is 7.30. The Morgan fingerprint density at radius 2 is 2.09 bits per heavy atom. The molecule has 0 fully saturated rings. The van der Waals surface area contributed by atoms with E-state index in [1.165, 1.54) is 30.0 Å². The second kappa shape index (κ2) is 5.61. The summed E-state index contributed by atoms with van der Waals surface area (Å²) in [6.07, 6.45) is 1.42. The highest BCUT2D eigenvalue weighted by Gasteiger charge is 2.22. The number of ether oxygens (including phenoxy) is 1. The summed E-state index contributed by atoms with van der Waals surface area (Å²) in [4.78, 5) is 22.9. The van der Waals surface area contributed by atoms with Crippen molar-refractivity contribution in [1.29, 1.82) is 5.26 Å². The fourth-order valence-electron chi connectivity index (χ4n) is 2.16. The van der Waals surface area contributed by atoms with E-state index in [9.17, 15) is 9.59 Å². The third-order valence-electron chi connectivity index (χ3n) is 3.25. The van der Waals surface area contributed by atoms with Crippen LogP contribution in [-0.2, 0) is 4.74 Å². The molecular weight excluding hydrogens is 286 g/mol. The highest BCUT2D eigenvalue weighted by Crippen LogP contribution is 2.26. The number of carboxylic acid groups (broad SMARTS) is 1. The molecule has 7 nitrogen and oxygen atoms in total. The number of nitriles is 1. The van der Waals surface area contributed by atoms with E-state index in [1.54, 1.807) is 13.0 Å². The number of hydrogen-bond donors (Lipinski definition) is 2. The predicted molar refractivity (Wildman–Crippen MR) is 77.9 cm³/mol. The SMILES string of the molecule is COC(=O)c1c(N)c(C#N)cn1-c1ccc(C(=O)O)cc1C. The number of aryl methyl sites for hydroxylation is 1. The Morgan fingerprint density at radius 1 is 1.41 bits per heavy atom. The molecule has 0 spiro atoms. The lowest BCUT2D eigenvalue weighted by Gasteiger charge is -2.11. The summed E-state index contributed by atoms with van der Waals surface area (Å²) >= 11 is 0. The number of methoxy groups -OCH3 is 1. The molecule has 0 bridgehead atoms. The van der Waals surface area contributed by atoms with E-state index in [-0.39, 0.29) is 22.5 Å². The Labute approximate surface area is 126 Å². The molecule has 3 N–H and O–H groups in total. The first-order valence-electron chi connectivity index (χ1n) is 6.24. The first-order chi connectivity index (χ1) is 10.4. The van der Waals surface area contributed by atoms with Crippen LogP contribution in [0.25, 0.3) is 5.69 Å². The summed E-state index contributed by atoms with van der Waals surface area (Å²) in [5.74, 6) is -1.73. The largest absolute Gasteiger partial charge is 0.478 e. The summed E-state index contributed by atoms with van der Waals surface area (Å²) in [6, 6.07) is 6.34. The molecule has 0 amide bonds. The van der Waals surface area contributed by atoms with Crippen LogP contribution in [0.4, 0.5) is 5.69 Å². The van der Waals surface area contributed by atoms with Crippen molar-refractivity contribution in [3.63, 3.8) is 0 Å². The molecule has 0 saturated carbocycles. The number of nitrogens with two attached hydrogens (primary N) is 1. The van der Waals surface area contributed by atoms with E-state index in [2.05, 4.69) is 0 Å². The molecule has 1 aromatic carbocycles. The van der Waals surface area contributed by atoms with Gasteiger partial charge in [-0.2, -0.15) is 5.26 Å². The predicted octanol–water partition coefficient (Wildman–Crippen LogP) is 1.72. The van der Waals surface area contributed by atoms with Crippen LogP contribution < -0.4 is 5.73 Å². The van der Waals surface area contributed by atoms with Crippen LogP contribution in [-0.4, -0.2) is 28.7 Å². The van der Waals surface area contributed by atoms with Crippen molar-refractivity contribution < 1.29 is 19.4 Å². The standard InChI is InChI=1S/C15H13N3O4/c1-8-5-9(14(19)20)3-4-11(8)18-7-10(6-16)12(17)13(18)15(21)22-2/h3-5,7H,17H2,1-2H3,(H,19,20). The highest BCUT2D eigenvalue weighted by atomic mass is 16.5. The van der Waals surface area contributed by atoms with Crippen molar-refractivity contribution in [2.24, 2.45) is 0 Å². The molecule has 0 aliphatic rings. The van der Waals surface area contributed by atoms with Gasteiger partial charge in [0.05, 0.1) is 23.9 Å². The second-order valence-corrected chi connectivity index (χ2v) is 4.58. The topological polar surface area (TPSA) is 118 Å². The number of esters is 1. The molecule has 2 aromatic rings. The highest BCUT2D eigenvalue weighted by molar-refractivity contribution is 5.96. The van der Waals surface area contributed by atoms with Gasteiger partial charge in [0.1, 0.15) is 6.07 Å². The number of benzene rings is 1. The molecule has 7 heteroatoms. The minimum Gasteiger partial charge on any atom is -0.478 e. The molecule has 112 valence electrons. The van der Waals surface area contributed by atoms with Crippen LogP contribution in [0.3, 0.4) is 0 Å². The van der Waals surface area contributed by atoms with Crippen molar-refractivity contribution in [2.45, 2.75) is 6.92 Å². The zero-order valence-electron chi connectivity index (χ0n) is 12.0. The van der Waals surface area contributed by atoms with Crippen LogP contribution in [0.15, 0.2) is 24.4 Å². The lowest BCUT2D eigenvalue weighted by atomic mass is 10.1. The first kappa shape index (κ1) is 15.1. The third kappa shape index (κ3) is 2.38. The number of nitrogens with zero attached hydrogens (tertiary/aromatic N) is 2. The number of aromatic nitrogens is 1. The Balaban J connectivity index is 2.70. The molecule has 1 aromatic heterocycles. The number of rotatable bonds is 3. The Hall–Kier alpha value is -3.27. The maximum absolute atomic E-state index is 11.9. The van der Waals surface area contributed by atoms with Gasteiger partial charge in [-0.05, 0) is 30.7 Å². The quantitative estimate of drug-likeness (QED) is 0.833. The van der Waals surface area contributed by atoms with Crippen molar-refractivity contribution in [2.75, 3.05) is 12.8 Å². The summed E-state index contributed by atoms with van der Waals surface area (Å²) < 4.78 is 6.13. The first-order valence-corrected chi connectivity index (χ1v) is 6.24. The average Bonchev–Trinajstić information content (AvgIpc) is 2.82. The zero-order valence-corrected chi connectivity index (χ0v) is 12.0. The fraction of sp³-hybridized carbons (Fsp3) is 0.133. The second-order valence-electron chi connectivity index (χ2n) is 4.58. The van der Waals surface area contributed by atoms with Crippen molar-refractivity contribution in [3.05, 3.63) is 46.8 Å². The van der Waals surface area contributed by atoms with Gasteiger partial charge in [-0.25, -0.2) is 9.59 Å². The number of carboxylic acids is 1. The van der Waals surface area contributed by atoms with Gasteiger partial charge in [0.15, 0.2) is 5.69 Å². The number of nitrogen functional groups attached to an aromatic ring is 1. The lowest BCUT2D eigenvalue weighted by Crippen LogP contribution is -2.12. The normalized spacial score (nSPS) is 10.0. The molecule has 2 rings (SSSR count). The molecule has 0 unspecified atom stereocenters. The zero-order chi connectivity index (χ0) is 16.4. The van der Waals surface area contributed by atoms with E-state index in [1.807, 2.05) is 6.07 Å². The van der Waals surface area contributed by atoms with E-state index >= 15 is 0 Å². The van der Waals surface area contributed by atoms with E-state index < -0.39 is 11.9 Å². The van der Waals surface area contributed by atoms with Crippen LogP contribution in [0.2, 0.25) is 0 Å². The third-order valence-corrected chi connectivity index (χ3v) is 3.25. The molecule has 0 saturated heterocycles. The van der Waals surface area contributed by atoms with Gasteiger partial charge in [-0.3, -0.25) is 0 Å². The van der Waals surface area contributed by atoms with Gasteiger partial charge in [0, 0.05) is 11.9 Å². The minimum atomic E-state index is -1.05. The molecule has 0 aliphatic heterocycles. The van der Waals surface area contributed by atoms with Gasteiger partial charge < -0.3 is 20.1 Å². The fourth-order valence-corrected chi connectivity index (χ4v) is 2.16. The smallest absolute Gasteiger partial charge is 0.357 e. The number of carbonyl (C=O) groups excluding carboxylic acids is 1. The number of anilines is 1. The maximum Gasteiger partial charge on any atom is 0.357 e. The molecule has 0 radical (unpaired) electrons. The number of aromatic carboxylic acids is 1. The summed E-state index contributed by atoms with van der Waals surface area (Å²) in [7, 11) is 1.21. The van der Waals surface area contributed by atoms with E-state index in [0.717, 1.165) is 0 Å². The molecule has 0 aliphatic carbocycles. The van der Waals surface area contributed by atoms with Gasteiger partial charge in [-0.1, -0.05) is 0 Å². The van der Waals surface area contributed by atoms with Gasteiger partial charge >= 0.3 is 11.9 Å². The molecule has 0 atom stereocenters. The van der Waals surface area contributed by atoms with E-state index in [0.29, 0.717) is 11.3 Å². The minimum absolute atomic E-state index is 0.0241. The lowest BCUT2D eigenvalue weighted by molar-refractivity contribution is 0.0592. The van der Waals surface area contributed by atoms with Crippen LogP contribution >= 0.6 is 0 Å². The van der Waals surface area contributed by atoms with Crippen LogP contribution in [0.1, 0.15) is 32.0 Å². The Kier molecular flexibility index (Phi) is 3.86. The van der Waals surface area contributed by atoms with Crippen molar-refractivity contribution in [3.8, 4) is 11.8 Å². The van der Waals surface area contributed by atoms with Gasteiger partial charge in [0.25, 0.3) is 0 Å². The summed E-state index contributed by atoms with van der Waals surface area (Å²) in [6.45, 7) is 1.70. The van der Waals surface area contributed by atoms with Crippen molar-refractivity contribution in [1.82, 2.24) is 4.57 Å². The molecule has 1 heterocycles. The van der Waals surface area contributed by atoms with Gasteiger partial charge in [0.2, 0.25) is 0 Å². The number of carbonyl (C=O) groups is 2. The van der Waals surface area contributed by atoms with Crippen LogP contribution in [0.5, 0.6) is 0 Å². The van der Waals surface area contributed by atoms with Gasteiger partial charge in [-0.15, -0.1) is 0 Å². The molecular formula is C15H13N3O4. The Morgan fingerprint density at radius 3 is 2.59 bits per heavy atom. The van der Waals surface area contributed by atoms with Crippen molar-refractivity contribution >= 4 is 17.6 Å². The van der Waals surface area contributed by atoms with E-state index in [4.69, 9.17) is 20.8 Å². The monoisotopic (exact) mass is 299 g/mol. The maximum atomic E-state index is 11.9. The molecule has 22 heavy (non-hydrogen) atoms. The average molecular weight is 299 g/mol. The Bertz CT molecular complexity index is 815. The number of hydrogen-bond acceptors (Lipinski definition) is 5.